The molecule has 0 atom stereocenters. The van der Waals surface area contributed by atoms with Gasteiger partial charge in [0.05, 0.1) is 0 Å². The first kappa shape index (κ1) is 10.2. The number of benzene rings is 1. The number of halogens is 1. The van der Waals surface area contributed by atoms with Gasteiger partial charge in [-0.05, 0) is 28.5 Å². The molecule has 0 fully saturated rings. The maximum atomic E-state index is 10.9. The molecule has 0 aliphatic carbocycles. The number of aldehydes is 1. The van der Waals surface area contributed by atoms with Crippen molar-refractivity contribution in [1.82, 2.24) is 0 Å². The largest absolute Gasteiger partial charge is 0.298 e. The molecule has 0 saturated carbocycles. The molecule has 0 spiro atoms. The predicted molar refractivity (Wildman–Crippen MR) is 67.1 cm³/mol. The van der Waals surface area contributed by atoms with E-state index in [-0.39, 0.29) is 0 Å². The van der Waals surface area contributed by atoms with Crippen LogP contribution in [0.1, 0.15) is 15.9 Å². The zero-order valence-corrected chi connectivity index (χ0v) is 10.5. The highest BCUT2D eigenvalue weighted by Crippen LogP contribution is 2.33. The van der Waals surface area contributed by atoms with Crippen LogP contribution in [0.3, 0.4) is 0 Å². The SMILES string of the molecule is O=Cc1cc(S)c2sccc2c1CBr. The second-order valence-electron chi connectivity index (χ2n) is 2.88. The Morgan fingerprint density at radius 1 is 1.57 bits per heavy atom. The maximum absolute atomic E-state index is 10.9. The molecule has 2 rings (SSSR count). The average Bonchev–Trinajstić information content (AvgIpc) is 2.66. The van der Waals surface area contributed by atoms with Crippen LogP contribution < -0.4 is 0 Å². The van der Waals surface area contributed by atoms with Crippen LogP contribution in [0.15, 0.2) is 22.4 Å². The zero-order chi connectivity index (χ0) is 10.1. The number of thiol groups is 1. The van der Waals surface area contributed by atoms with Gasteiger partial charge in [0, 0.05) is 20.5 Å². The van der Waals surface area contributed by atoms with Crippen molar-refractivity contribution in [2.75, 3.05) is 0 Å². The molecule has 4 heteroatoms. The lowest BCUT2D eigenvalue weighted by Gasteiger charge is -2.04. The Morgan fingerprint density at radius 2 is 2.36 bits per heavy atom. The van der Waals surface area contributed by atoms with Crippen LogP contribution in [0, 0.1) is 0 Å². The van der Waals surface area contributed by atoms with Crippen LogP contribution in [0.2, 0.25) is 0 Å². The van der Waals surface area contributed by atoms with Crippen molar-refractivity contribution in [2.45, 2.75) is 10.2 Å². The molecule has 1 aromatic heterocycles. The minimum Gasteiger partial charge on any atom is -0.298 e. The van der Waals surface area contributed by atoms with E-state index < -0.39 is 0 Å². The summed E-state index contributed by atoms with van der Waals surface area (Å²) in [7, 11) is 0. The van der Waals surface area contributed by atoms with E-state index in [1.807, 2.05) is 17.5 Å². The van der Waals surface area contributed by atoms with E-state index in [9.17, 15) is 4.79 Å². The number of rotatable bonds is 2. The normalized spacial score (nSPS) is 10.7. The number of carbonyl (C=O) groups excluding carboxylic acids is 1. The van der Waals surface area contributed by atoms with Gasteiger partial charge in [0.2, 0.25) is 0 Å². The van der Waals surface area contributed by atoms with Crippen LogP contribution in [-0.2, 0) is 5.33 Å². The first-order valence-electron chi connectivity index (χ1n) is 4.01. The molecule has 14 heavy (non-hydrogen) atoms. The van der Waals surface area contributed by atoms with Crippen LogP contribution in [0.25, 0.3) is 10.1 Å². The van der Waals surface area contributed by atoms with Crippen LogP contribution in [0.5, 0.6) is 0 Å². The summed E-state index contributed by atoms with van der Waals surface area (Å²) < 4.78 is 1.15. The fourth-order valence-corrected chi connectivity index (χ4v) is 3.34. The molecule has 0 aliphatic heterocycles. The highest BCUT2D eigenvalue weighted by atomic mass is 79.9. The maximum Gasteiger partial charge on any atom is 0.150 e. The van der Waals surface area contributed by atoms with Crippen LogP contribution in [-0.4, -0.2) is 6.29 Å². The third-order valence-corrected chi connectivity index (χ3v) is 4.14. The highest BCUT2D eigenvalue weighted by molar-refractivity contribution is 9.08. The van der Waals surface area contributed by atoms with Gasteiger partial charge in [-0.2, -0.15) is 0 Å². The summed E-state index contributed by atoms with van der Waals surface area (Å²) in [5.74, 6) is 0. The molecule has 0 amide bonds. The molecule has 2 aromatic rings. The lowest BCUT2D eigenvalue weighted by molar-refractivity contribution is 0.112. The fourth-order valence-electron chi connectivity index (χ4n) is 1.46. The summed E-state index contributed by atoms with van der Waals surface area (Å²) in [6.07, 6.45) is 0.882. The Hall–Kier alpha value is -0.320. The molecule has 1 nitrogen and oxygen atoms in total. The Labute approximate surface area is 99.7 Å². The molecule has 0 N–H and O–H groups in total. The van der Waals surface area contributed by atoms with E-state index >= 15 is 0 Å². The number of fused-ring (bicyclic) bond motifs is 1. The second-order valence-corrected chi connectivity index (χ2v) is 4.84. The van der Waals surface area contributed by atoms with Crippen molar-refractivity contribution in [1.29, 1.82) is 0 Å². The molecule has 0 saturated heterocycles. The average molecular weight is 287 g/mol. The number of thiophene rings is 1. The van der Waals surface area contributed by atoms with Crippen molar-refractivity contribution in [3.8, 4) is 0 Å². The highest BCUT2D eigenvalue weighted by Gasteiger charge is 2.09. The van der Waals surface area contributed by atoms with Crippen LogP contribution >= 0.6 is 39.9 Å². The van der Waals surface area contributed by atoms with Crippen molar-refractivity contribution < 1.29 is 4.79 Å². The summed E-state index contributed by atoms with van der Waals surface area (Å²) in [6.45, 7) is 0. The number of carbonyl (C=O) groups is 1. The summed E-state index contributed by atoms with van der Waals surface area (Å²) in [6, 6.07) is 3.86. The number of hydrogen-bond acceptors (Lipinski definition) is 3. The van der Waals surface area contributed by atoms with Gasteiger partial charge in [-0.1, -0.05) is 15.9 Å². The van der Waals surface area contributed by atoms with E-state index in [1.165, 1.54) is 0 Å². The van der Waals surface area contributed by atoms with Crippen molar-refractivity contribution in [2.24, 2.45) is 0 Å². The van der Waals surface area contributed by atoms with Crippen molar-refractivity contribution in [3.05, 3.63) is 28.6 Å². The van der Waals surface area contributed by atoms with E-state index in [0.717, 1.165) is 32.4 Å². The third kappa shape index (κ3) is 1.51. The summed E-state index contributed by atoms with van der Waals surface area (Å²) in [5, 5.41) is 3.84. The summed E-state index contributed by atoms with van der Waals surface area (Å²) >= 11 is 9.41. The van der Waals surface area contributed by atoms with E-state index in [4.69, 9.17) is 0 Å². The Bertz CT molecular complexity index is 490. The first-order chi connectivity index (χ1) is 6.77. The van der Waals surface area contributed by atoms with Crippen molar-refractivity contribution in [3.63, 3.8) is 0 Å². The molecule has 1 heterocycles. The van der Waals surface area contributed by atoms with E-state index in [0.29, 0.717) is 5.33 Å². The van der Waals surface area contributed by atoms with Gasteiger partial charge in [-0.3, -0.25) is 4.79 Å². The monoisotopic (exact) mass is 286 g/mol. The summed E-state index contributed by atoms with van der Waals surface area (Å²) in [5.41, 5.74) is 1.77. The fraction of sp³-hybridized carbons (Fsp3) is 0.100. The third-order valence-electron chi connectivity index (χ3n) is 2.12. The predicted octanol–water partition coefficient (Wildman–Crippen LogP) is 3.90. The Kier molecular flexibility index (Phi) is 2.95. The van der Waals surface area contributed by atoms with Crippen LogP contribution in [0.4, 0.5) is 0 Å². The second kappa shape index (κ2) is 4.04. The Balaban J connectivity index is 2.88. The topological polar surface area (TPSA) is 17.1 Å². The van der Waals surface area contributed by atoms with E-state index in [1.54, 1.807) is 11.3 Å². The molecule has 0 unspecified atom stereocenters. The quantitative estimate of drug-likeness (QED) is 0.503. The number of alkyl halides is 1. The molecular weight excluding hydrogens is 280 g/mol. The lowest BCUT2D eigenvalue weighted by atomic mass is 10.1. The minimum atomic E-state index is 0.697. The van der Waals surface area contributed by atoms with Gasteiger partial charge in [0.15, 0.2) is 0 Å². The molecular formula is C10H7BrOS2. The van der Waals surface area contributed by atoms with E-state index in [2.05, 4.69) is 28.6 Å². The Morgan fingerprint density at radius 3 is 3.00 bits per heavy atom. The molecule has 1 aromatic carbocycles. The van der Waals surface area contributed by atoms with Gasteiger partial charge >= 0.3 is 0 Å². The van der Waals surface area contributed by atoms with Gasteiger partial charge in [-0.25, -0.2) is 0 Å². The summed E-state index contributed by atoms with van der Waals surface area (Å²) in [4.78, 5) is 11.7. The van der Waals surface area contributed by atoms with Gasteiger partial charge in [0.25, 0.3) is 0 Å². The number of hydrogen-bond donors (Lipinski definition) is 1. The molecule has 0 aliphatic rings. The smallest absolute Gasteiger partial charge is 0.150 e. The van der Waals surface area contributed by atoms with Crippen molar-refractivity contribution >= 4 is 56.3 Å². The lowest BCUT2D eigenvalue weighted by Crippen LogP contribution is -1.90. The molecule has 0 bridgehead atoms. The minimum absolute atomic E-state index is 0.697. The zero-order valence-electron chi connectivity index (χ0n) is 7.16. The molecule has 0 radical (unpaired) electrons. The van der Waals surface area contributed by atoms with Gasteiger partial charge in [0.1, 0.15) is 6.29 Å². The van der Waals surface area contributed by atoms with Gasteiger partial charge in [-0.15, -0.1) is 24.0 Å². The first-order valence-corrected chi connectivity index (χ1v) is 6.46. The molecule has 72 valence electrons. The standard InChI is InChI=1S/C10H7BrOS2/c11-4-8-6(5-12)3-9(13)10-7(8)1-2-14-10/h1-3,5,13H,4H2. The van der Waals surface area contributed by atoms with Gasteiger partial charge < -0.3 is 0 Å².